The van der Waals surface area contributed by atoms with E-state index >= 15 is 0 Å². The van der Waals surface area contributed by atoms with Gasteiger partial charge in [0.25, 0.3) is 0 Å². The number of hydrogen-bond acceptors (Lipinski definition) is 4. The molecule has 3 unspecified atom stereocenters. The third-order valence-corrected chi connectivity index (χ3v) is 7.06. The van der Waals surface area contributed by atoms with E-state index in [0.717, 1.165) is 70.3 Å². The summed E-state index contributed by atoms with van der Waals surface area (Å²) in [5.41, 5.74) is 2.73. The molecule has 3 atom stereocenters. The molecule has 172 valence electrons. The Hall–Kier alpha value is -1.63. The van der Waals surface area contributed by atoms with Gasteiger partial charge in [-0.15, -0.1) is 0 Å². The number of aliphatic imine (C=N–C) groups is 1. The predicted molar refractivity (Wildman–Crippen MR) is 127 cm³/mol. The Kier molecular flexibility index (Phi) is 7.86. The molecule has 0 aromatic heterocycles. The van der Waals surface area contributed by atoms with Crippen LogP contribution in [0, 0.1) is 11.8 Å². The monoisotopic (exact) mass is 427 g/mol. The van der Waals surface area contributed by atoms with Crippen molar-refractivity contribution in [3.8, 4) is 0 Å². The molecule has 3 heterocycles. The van der Waals surface area contributed by atoms with Gasteiger partial charge in [-0.2, -0.15) is 0 Å². The van der Waals surface area contributed by atoms with Gasteiger partial charge in [0, 0.05) is 65.4 Å². The van der Waals surface area contributed by atoms with E-state index in [-0.39, 0.29) is 0 Å². The van der Waals surface area contributed by atoms with Gasteiger partial charge in [-0.25, -0.2) is 0 Å². The summed E-state index contributed by atoms with van der Waals surface area (Å²) in [7, 11) is 1.90. The Morgan fingerprint density at radius 3 is 2.35 bits per heavy atom. The minimum atomic E-state index is 0.627. The molecule has 0 aliphatic carbocycles. The number of likely N-dealkylation sites (tertiary alicyclic amines) is 2. The Morgan fingerprint density at radius 2 is 1.68 bits per heavy atom. The minimum absolute atomic E-state index is 0.627. The molecule has 1 N–H and O–H groups in total. The summed E-state index contributed by atoms with van der Waals surface area (Å²) < 4.78 is 5.51. The fourth-order valence-corrected chi connectivity index (χ4v) is 5.63. The lowest BCUT2D eigenvalue weighted by molar-refractivity contribution is 0.0195. The van der Waals surface area contributed by atoms with Crippen LogP contribution in [0.25, 0.3) is 0 Å². The molecule has 1 aromatic rings. The minimum Gasteiger partial charge on any atom is -0.379 e. The second kappa shape index (κ2) is 10.8. The van der Waals surface area contributed by atoms with E-state index in [4.69, 9.17) is 4.74 Å². The zero-order valence-electron chi connectivity index (χ0n) is 19.7. The van der Waals surface area contributed by atoms with E-state index in [1.165, 1.54) is 37.1 Å². The standard InChI is InChI=1S/C25H41N5O/c1-20-14-21(2)17-28(16-20)18-23-6-4-22(5-7-23)15-27-25(26-3)30-9-8-24(19-30)29-10-12-31-13-11-29/h4-7,20-21,24H,8-19H2,1-3H3,(H,26,27). The van der Waals surface area contributed by atoms with E-state index in [9.17, 15) is 0 Å². The quantitative estimate of drug-likeness (QED) is 0.578. The summed E-state index contributed by atoms with van der Waals surface area (Å²) in [4.78, 5) is 12.2. The number of piperidine rings is 1. The van der Waals surface area contributed by atoms with Crippen LogP contribution >= 0.6 is 0 Å². The van der Waals surface area contributed by atoms with Crippen molar-refractivity contribution < 1.29 is 4.74 Å². The molecule has 3 aliphatic heterocycles. The summed E-state index contributed by atoms with van der Waals surface area (Å²) >= 11 is 0. The van der Waals surface area contributed by atoms with Crippen LogP contribution in [0.2, 0.25) is 0 Å². The van der Waals surface area contributed by atoms with Gasteiger partial charge in [0.2, 0.25) is 0 Å². The Bertz CT molecular complexity index is 705. The van der Waals surface area contributed by atoms with E-state index in [2.05, 4.69) is 63.1 Å². The molecule has 0 spiro atoms. The molecular weight excluding hydrogens is 386 g/mol. The first-order valence-electron chi connectivity index (χ1n) is 12.2. The molecule has 3 fully saturated rings. The lowest BCUT2D eigenvalue weighted by Gasteiger charge is -2.35. The zero-order valence-corrected chi connectivity index (χ0v) is 19.7. The molecule has 0 saturated carbocycles. The highest BCUT2D eigenvalue weighted by Gasteiger charge is 2.30. The summed E-state index contributed by atoms with van der Waals surface area (Å²) in [6.07, 6.45) is 2.58. The lowest BCUT2D eigenvalue weighted by atomic mass is 9.91. The van der Waals surface area contributed by atoms with E-state index in [0.29, 0.717) is 6.04 Å². The van der Waals surface area contributed by atoms with E-state index in [1.54, 1.807) is 0 Å². The third kappa shape index (κ3) is 6.21. The van der Waals surface area contributed by atoms with Crippen molar-refractivity contribution in [3.63, 3.8) is 0 Å². The molecule has 1 aromatic carbocycles. The van der Waals surface area contributed by atoms with Gasteiger partial charge in [0.05, 0.1) is 13.2 Å². The Morgan fingerprint density at radius 1 is 1.00 bits per heavy atom. The molecule has 6 heteroatoms. The Balaban J connectivity index is 1.24. The highest BCUT2D eigenvalue weighted by atomic mass is 16.5. The first-order chi connectivity index (χ1) is 15.1. The maximum Gasteiger partial charge on any atom is 0.193 e. The maximum atomic E-state index is 5.51. The summed E-state index contributed by atoms with van der Waals surface area (Å²) in [6, 6.07) is 9.77. The third-order valence-electron chi connectivity index (χ3n) is 7.06. The summed E-state index contributed by atoms with van der Waals surface area (Å²) in [5.74, 6) is 2.65. The van der Waals surface area contributed by atoms with E-state index in [1.807, 2.05) is 7.05 Å². The number of benzene rings is 1. The SMILES string of the molecule is CN=C(NCc1ccc(CN2CC(C)CC(C)C2)cc1)N1CCC(N2CCOCC2)C1. The Labute approximate surface area is 188 Å². The van der Waals surface area contributed by atoms with Gasteiger partial charge in [-0.05, 0) is 35.8 Å². The van der Waals surface area contributed by atoms with Crippen LogP contribution < -0.4 is 5.32 Å². The van der Waals surface area contributed by atoms with Crippen LogP contribution in [0.3, 0.4) is 0 Å². The number of guanidine groups is 1. The zero-order chi connectivity index (χ0) is 21.6. The van der Waals surface area contributed by atoms with Crippen LogP contribution in [0.5, 0.6) is 0 Å². The van der Waals surface area contributed by atoms with E-state index < -0.39 is 0 Å². The van der Waals surface area contributed by atoms with Crippen LogP contribution in [0.1, 0.15) is 37.8 Å². The highest BCUT2D eigenvalue weighted by molar-refractivity contribution is 5.80. The number of nitrogens with zero attached hydrogens (tertiary/aromatic N) is 4. The first-order valence-corrected chi connectivity index (χ1v) is 12.2. The molecule has 0 amide bonds. The number of nitrogens with one attached hydrogen (secondary N) is 1. The largest absolute Gasteiger partial charge is 0.379 e. The predicted octanol–water partition coefficient (Wildman–Crippen LogP) is 2.65. The maximum absolute atomic E-state index is 5.51. The van der Waals surface area contributed by atoms with Crippen LogP contribution in [-0.4, -0.2) is 86.2 Å². The molecular formula is C25H41N5O. The highest BCUT2D eigenvalue weighted by Crippen LogP contribution is 2.22. The van der Waals surface area contributed by atoms with Crippen LogP contribution in [0.15, 0.2) is 29.3 Å². The van der Waals surface area contributed by atoms with Gasteiger partial charge in [0.1, 0.15) is 0 Å². The average molecular weight is 428 g/mol. The smallest absolute Gasteiger partial charge is 0.193 e. The number of hydrogen-bond donors (Lipinski definition) is 1. The van der Waals surface area contributed by atoms with Gasteiger partial charge in [-0.3, -0.25) is 14.8 Å². The molecule has 3 saturated heterocycles. The van der Waals surface area contributed by atoms with Gasteiger partial charge < -0.3 is 15.0 Å². The fraction of sp³-hybridized carbons (Fsp3) is 0.720. The number of ether oxygens (including phenoxy) is 1. The van der Waals surface area contributed by atoms with Crippen molar-refractivity contribution in [3.05, 3.63) is 35.4 Å². The van der Waals surface area contributed by atoms with Crippen LogP contribution in [0.4, 0.5) is 0 Å². The lowest BCUT2D eigenvalue weighted by Crippen LogP contribution is -2.46. The number of morpholine rings is 1. The van der Waals surface area contributed by atoms with Gasteiger partial charge in [-0.1, -0.05) is 38.1 Å². The van der Waals surface area contributed by atoms with Crippen molar-refractivity contribution in [2.75, 3.05) is 59.5 Å². The second-order valence-corrected chi connectivity index (χ2v) is 9.89. The molecule has 3 aliphatic rings. The van der Waals surface area contributed by atoms with Crippen LogP contribution in [-0.2, 0) is 17.8 Å². The average Bonchev–Trinajstić information content (AvgIpc) is 3.25. The van der Waals surface area contributed by atoms with Crippen molar-refractivity contribution in [1.29, 1.82) is 0 Å². The van der Waals surface area contributed by atoms with Gasteiger partial charge >= 0.3 is 0 Å². The normalized spacial score (nSPS) is 28.8. The summed E-state index contributed by atoms with van der Waals surface area (Å²) in [5, 5.41) is 3.59. The summed E-state index contributed by atoms with van der Waals surface area (Å²) in [6.45, 7) is 15.1. The molecule has 6 nitrogen and oxygen atoms in total. The molecule has 4 rings (SSSR count). The molecule has 31 heavy (non-hydrogen) atoms. The fourth-order valence-electron chi connectivity index (χ4n) is 5.63. The van der Waals surface area contributed by atoms with Crippen molar-refractivity contribution in [2.45, 2.75) is 45.8 Å². The topological polar surface area (TPSA) is 43.3 Å². The molecule has 0 bridgehead atoms. The van der Waals surface area contributed by atoms with Crippen molar-refractivity contribution in [1.82, 2.24) is 20.0 Å². The van der Waals surface area contributed by atoms with Crippen molar-refractivity contribution in [2.24, 2.45) is 16.8 Å². The second-order valence-electron chi connectivity index (χ2n) is 9.89. The number of rotatable bonds is 5. The van der Waals surface area contributed by atoms with Crippen molar-refractivity contribution >= 4 is 5.96 Å². The molecule has 0 radical (unpaired) electrons. The van der Waals surface area contributed by atoms with Gasteiger partial charge in [0.15, 0.2) is 5.96 Å². The first kappa shape index (κ1) is 22.6.